The minimum atomic E-state index is -1.98. The van der Waals surface area contributed by atoms with Crippen LogP contribution in [-0.2, 0) is 33.8 Å². The van der Waals surface area contributed by atoms with Crippen LogP contribution in [0.5, 0.6) is 11.5 Å². The average molecular weight is 816 g/mol. The smallest absolute Gasteiger partial charge is 0.330 e. The van der Waals surface area contributed by atoms with E-state index < -0.39 is 61.9 Å². The fourth-order valence-corrected chi connectivity index (χ4v) is 9.32. The monoisotopic (exact) mass is 815 g/mol. The van der Waals surface area contributed by atoms with E-state index in [1.165, 1.54) is 17.8 Å². The highest BCUT2D eigenvalue weighted by Crippen LogP contribution is 2.55. The van der Waals surface area contributed by atoms with Crippen LogP contribution in [0.3, 0.4) is 0 Å². The van der Waals surface area contributed by atoms with Crippen molar-refractivity contribution < 1.29 is 37.6 Å². The molecule has 1 unspecified atom stereocenters. The zero-order valence-corrected chi connectivity index (χ0v) is 34.8. The van der Waals surface area contributed by atoms with Gasteiger partial charge in [-0.2, -0.15) is 5.26 Å². The van der Waals surface area contributed by atoms with E-state index in [0.717, 1.165) is 10.6 Å². The number of hydroxylamine groups is 2. The van der Waals surface area contributed by atoms with Crippen LogP contribution in [0.25, 0.3) is 0 Å². The number of carbonyl (C=O) groups excluding carboxylic acids is 1. The molecule has 1 amide bonds. The van der Waals surface area contributed by atoms with Gasteiger partial charge in [-0.15, -0.1) is 0 Å². The van der Waals surface area contributed by atoms with Crippen LogP contribution in [0.1, 0.15) is 62.6 Å². The molecule has 2 aliphatic heterocycles. The summed E-state index contributed by atoms with van der Waals surface area (Å²) in [6.45, 7) is 9.18. The highest BCUT2D eigenvalue weighted by Gasteiger charge is 2.69. The van der Waals surface area contributed by atoms with Gasteiger partial charge in [0.25, 0.3) is 20.0 Å². The van der Waals surface area contributed by atoms with Gasteiger partial charge in [0.1, 0.15) is 23.2 Å². The molecule has 0 aliphatic carbocycles. The highest BCUT2D eigenvalue weighted by molar-refractivity contribution is 7.44. The van der Waals surface area contributed by atoms with Gasteiger partial charge in [-0.1, -0.05) is 54.6 Å². The maximum Gasteiger partial charge on any atom is 0.330 e. The Balaban J connectivity index is 1.57. The first-order valence-electron chi connectivity index (χ1n) is 19.0. The number of aromatic amines is 1. The summed E-state index contributed by atoms with van der Waals surface area (Å²) >= 11 is 0. The zero-order valence-electron chi connectivity index (χ0n) is 33.9. The van der Waals surface area contributed by atoms with Gasteiger partial charge in [0.2, 0.25) is 5.60 Å². The Morgan fingerprint density at radius 3 is 2.02 bits per heavy atom. The minimum absolute atomic E-state index is 0.0582. The molecule has 1 N–H and O–H groups in total. The number of nitrogens with zero attached hydrogens (tertiary/aromatic N) is 4. The summed E-state index contributed by atoms with van der Waals surface area (Å²) in [5, 5.41) is 10.5. The maximum atomic E-state index is 14.9. The third-order valence-electron chi connectivity index (χ3n) is 10.3. The Hall–Kier alpha value is -4.91. The first-order valence-corrected chi connectivity index (χ1v) is 20.1. The summed E-state index contributed by atoms with van der Waals surface area (Å²) in [6.07, 6.45) is -2.18. The van der Waals surface area contributed by atoms with Gasteiger partial charge in [-0.05, 0) is 75.6 Å². The van der Waals surface area contributed by atoms with Crippen molar-refractivity contribution in [1.82, 2.24) is 19.3 Å². The first-order chi connectivity index (χ1) is 27.8. The number of benzene rings is 3. The maximum absolute atomic E-state index is 14.9. The number of aryl methyl sites for hydroxylation is 1. The van der Waals surface area contributed by atoms with Crippen LogP contribution in [0.2, 0.25) is 0 Å². The molecule has 6 rings (SSSR count). The van der Waals surface area contributed by atoms with Gasteiger partial charge in [-0.3, -0.25) is 24.0 Å². The van der Waals surface area contributed by atoms with Crippen LogP contribution in [-0.4, -0.2) is 89.6 Å². The number of nitriles is 1. The predicted molar refractivity (Wildman–Crippen MR) is 215 cm³/mol. The van der Waals surface area contributed by atoms with Crippen molar-refractivity contribution in [2.24, 2.45) is 0 Å². The molecule has 3 aromatic carbocycles. The number of rotatable bonds is 17. The molecule has 58 heavy (non-hydrogen) atoms. The number of fused-ring (bicyclic) bond motifs is 2. The predicted octanol–water partition coefficient (Wildman–Crippen LogP) is 5.57. The molecule has 2 saturated heterocycles. The molecule has 2 fully saturated rings. The number of methoxy groups -OCH3 is 2. The SMILES string of the molecule is COc1ccc(C(OC[C@]23O[C@@H](n4cc(C)c(=O)[nH]c4=O)[C@H](ON(C)C2=O)[C@@H]3OP(OCCC#N)N(C(C)C)C(C)C)(c2ccccc2)c2ccc(OC)cc2)cc1. The van der Waals surface area contributed by atoms with Crippen molar-refractivity contribution in [3.05, 3.63) is 128 Å². The highest BCUT2D eigenvalue weighted by atomic mass is 31.2. The lowest BCUT2D eigenvalue weighted by molar-refractivity contribution is -0.246. The standard InChI is InChI=1S/C42H50N5O10P/c1-27(2)47(28(3)4)58(54-24-12-23-43)57-36-35-38(46-25-29(5)37(48)44-40(46)50)55-41(36,39(49)45(6)56-35)26-53-42(30-13-10-9-11-14-30,31-15-19-33(51-7)20-16-31)32-17-21-34(52-8)22-18-32/h9-11,13-22,25,27-28,35-36,38H,12,24,26H2,1-8H3,(H,44,48,50)/t35-,36+,38-,41-,58?/m1/s1. The van der Waals surface area contributed by atoms with E-state index in [9.17, 15) is 19.6 Å². The van der Waals surface area contributed by atoms with Gasteiger partial charge >= 0.3 is 5.69 Å². The summed E-state index contributed by atoms with van der Waals surface area (Å²) in [5.74, 6) is 0.624. The number of hydrogen-bond acceptors (Lipinski definition) is 12. The topological polar surface area (TPSA) is 167 Å². The van der Waals surface area contributed by atoms with Crippen LogP contribution < -0.4 is 20.7 Å². The summed E-state index contributed by atoms with van der Waals surface area (Å²) in [4.78, 5) is 49.6. The van der Waals surface area contributed by atoms with Gasteiger partial charge in [0, 0.05) is 30.9 Å². The van der Waals surface area contributed by atoms with Crippen LogP contribution in [0.4, 0.5) is 0 Å². The van der Waals surface area contributed by atoms with E-state index in [0.29, 0.717) is 22.6 Å². The zero-order chi connectivity index (χ0) is 41.8. The second-order valence-corrected chi connectivity index (χ2v) is 16.0. The van der Waals surface area contributed by atoms with E-state index in [2.05, 4.69) is 11.1 Å². The second-order valence-electron chi connectivity index (χ2n) is 14.6. The summed E-state index contributed by atoms with van der Waals surface area (Å²) in [6, 6.07) is 26.4. The number of carbonyl (C=O) groups is 1. The first kappa shape index (κ1) is 42.7. The molecule has 0 spiro atoms. The quantitative estimate of drug-likeness (QED) is 0.0801. The Bertz CT molecular complexity index is 2140. The molecule has 0 saturated carbocycles. The van der Waals surface area contributed by atoms with E-state index >= 15 is 0 Å². The van der Waals surface area contributed by atoms with Crippen LogP contribution >= 0.6 is 8.53 Å². The van der Waals surface area contributed by atoms with Gasteiger partial charge in [-0.25, -0.2) is 14.5 Å². The molecule has 3 heterocycles. The number of hydrogen-bond donors (Lipinski definition) is 1. The fourth-order valence-electron chi connectivity index (χ4n) is 7.54. The molecule has 2 bridgehead atoms. The molecular weight excluding hydrogens is 765 g/mol. The van der Waals surface area contributed by atoms with Crippen molar-refractivity contribution in [2.75, 3.05) is 34.5 Å². The number of aromatic nitrogens is 2. The van der Waals surface area contributed by atoms with Crippen LogP contribution in [0.15, 0.2) is 94.6 Å². The van der Waals surface area contributed by atoms with Crippen molar-refractivity contribution in [2.45, 2.75) is 82.8 Å². The number of nitrogens with one attached hydrogen (secondary N) is 1. The van der Waals surface area contributed by atoms with Gasteiger partial charge in [0.05, 0.1) is 39.9 Å². The summed E-state index contributed by atoms with van der Waals surface area (Å²) in [5.41, 5.74) is -2.29. The Morgan fingerprint density at radius 2 is 1.48 bits per heavy atom. The molecule has 5 atom stereocenters. The van der Waals surface area contributed by atoms with Crippen molar-refractivity contribution in [1.29, 1.82) is 5.26 Å². The molecular formula is C42H50N5O10P. The largest absolute Gasteiger partial charge is 0.497 e. The molecule has 308 valence electrons. The lowest BCUT2D eigenvalue weighted by Gasteiger charge is -2.45. The van der Waals surface area contributed by atoms with Gasteiger partial charge in [0.15, 0.2) is 12.3 Å². The lowest BCUT2D eigenvalue weighted by atomic mass is 9.79. The lowest BCUT2D eigenvalue weighted by Crippen LogP contribution is -2.64. The van der Waals surface area contributed by atoms with Crippen LogP contribution in [0, 0.1) is 18.3 Å². The number of ether oxygens (including phenoxy) is 4. The molecule has 4 aromatic rings. The van der Waals surface area contributed by atoms with Crippen molar-refractivity contribution >= 4 is 14.4 Å². The summed E-state index contributed by atoms with van der Waals surface area (Å²) in [7, 11) is 2.66. The van der Waals surface area contributed by atoms with Gasteiger partial charge < -0.3 is 28.0 Å². The molecule has 16 heteroatoms. The molecule has 0 radical (unpaired) electrons. The molecule has 2 aliphatic rings. The number of likely N-dealkylation sites (N-methyl/N-ethyl adjacent to an activating group) is 1. The Morgan fingerprint density at radius 1 is 0.914 bits per heavy atom. The Kier molecular flexibility index (Phi) is 13.2. The minimum Gasteiger partial charge on any atom is -0.497 e. The Labute approximate surface area is 338 Å². The third kappa shape index (κ3) is 8.06. The normalized spacial score (nSPS) is 21.1. The fraction of sp³-hybridized carbons (Fsp3) is 0.429. The van der Waals surface area contributed by atoms with Crippen molar-refractivity contribution in [3.63, 3.8) is 0 Å². The number of H-pyrrole nitrogens is 1. The average Bonchev–Trinajstić information content (AvgIpc) is 3.46. The second kappa shape index (κ2) is 17.9. The molecule has 15 nitrogen and oxygen atoms in total. The summed E-state index contributed by atoms with van der Waals surface area (Å²) < 4.78 is 41.7. The van der Waals surface area contributed by atoms with E-state index in [-0.39, 0.29) is 30.7 Å². The van der Waals surface area contributed by atoms with E-state index in [1.54, 1.807) is 21.1 Å². The van der Waals surface area contributed by atoms with Crippen molar-refractivity contribution in [3.8, 4) is 17.6 Å². The van der Waals surface area contributed by atoms with E-state index in [1.807, 2.05) is 111 Å². The molecule has 1 aromatic heterocycles. The third-order valence-corrected chi connectivity index (χ3v) is 12.4. The number of amides is 1. The van der Waals surface area contributed by atoms with E-state index in [4.69, 9.17) is 32.8 Å².